The standard InChI is InChI=1S/C16H14F3N3O4S/c1-22-13-5-11(2-3-14(13)26-15(22)23)12-4-10(6-20-8-12)7-21-27(24,25)9-16(17,18)19/h2-6,8,21H,7,9H2,1H3. The number of aromatic nitrogens is 2. The summed E-state index contributed by atoms with van der Waals surface area (Å²) < 4.78 is 68.0. The van der Waals surface area contributed by atoms with E-state index in [0.717, 1.165) is 0 Å². The molecule has 0 radical (unpaired) electrons. The van der Waals surface area contributed by atoms with Crippen LogP contribution in [0.25, 0.3) is 22.2 Å². The number of halogens is 3. The summed E-state index contributed by atoms with van der Waals surface area (Å²) in [7, 11) is -2.94. The molecule has 11 heteroatoms. The predicted octanol–water partition coefficient (Wildman–Crippen LogP) is 2.18. The molecule has 0 atom stereocenters. The van der Waals surface area contributed by atoms with Crippen LogP contribution in [0.15, 0.2) is 45.9 Å². The van der Waals surface area contributed by atoms with Crippen molar-refractivity contribution in [1.29, 1.82) is 0 Å². The molecule has 2 aromatic heterocycles. The van der Waals surface area contributed by atoms with Crippen LogP contribution < -0.4 is 10.5 Å². The predicted molar refractivity (Wildman–Crippen MR) is 91.4 cm³/mol. The molecule has 0 saturated carbocycles. The van der Waals surface area contributed by atoms with Gasteiger partial charge in [0.2, 0.25) is 10.0 Å². The first-order valence-corrected chi connectivity index (χ1v) is 9.27. The third-order valence-electron chi connectivity index (χ3n) is 3.77. The molecule has 1 aromatic carbocycles. The smallest absolute Gasteiger partial charge is 0.408 e. The Morgan fingerprint density at radius 3 is 2.63 bits per heavy atom. The van der Waals surface area contributed by atoms with E-state index in [1.807, 2.05) is 4.72 Å². The maximum atomic E-state index is 12.3. The number of benzene rings is 1. The lowest BCUT2D eigenvalue weighted by molar-refractivity contribution is -0.106. The molecule has 27 heavy (non-hydrogen) atoms. The van der Waals surface area contributed by atoms with Crippen molar-refractivity contribution in [1.82, 2.24) is 14.3 Å². The van der Waals surface area contributed by atoms with E-state index in [1.54, 1.807) is 31.3 Å². The summed E-state index contributed by atoms with van der Waals surface area (Å²) in [4.78, 5) is 15.6. The number of sulfonamides is 1. The minimum absolute atomic E-state index is 0.328. The Morgan fingerprint density at radius 1 is 1.19 bits per heavy atom. The fourth-order valence-electron chi connectivity index (χ4n) is 2.51. The molecule has 3 aromatic rings. The number of hydrogen-bond acceptors (Lipinski definition) is 5. The first-order valence-electron chi connectivity index (χ1n) is 7.62. The van der Waals surface area contributed by atoms with Gasteiger partial charge < -0.3 is 4.42 Å². The van der Waals surface area contributed by atoms with Gasteiger partial charge in [0.1, 0.15) is 0 Å². The maximum Gasteiger partial charge on any atom is 0.419 e. The van der Waals surface area contributed by atoms with Crippen LogP contribution in [0.2, 0.25) is 0 Å². The second-order valence-corrected chi connectivity index (χ2v) is 7.69. The van der Waals surface area contributed by atoms with Crippen molar-refractivity contribution in [2.45, 2.75) is 12.7 Å². The zero-order valence-corrected chi connectivity index (χ0v) is 14.8. The fraction of sp³-hybridized carbons (Fsp3) is 0.250. The molecule has 0 fully saturated rings. The highest BCUT2D eigenvalue weighted by atomic mass is 32.2. The van der Waals surface area contributed by atoms with Crippen molar-refractivity contribution in [2.75, 3.05) is 5.75 Å². The maximum absolute atomic E-state index is 12.3. The topological polar surface area (TPSA) is 94.2 Å². The molecule has 0 aliphatic heterocycles. The zero-order valence-electron chi connectivity index (χ0n) is 13.9. The van der Waals surface area contributed by atoms with E-state index in [1.165, 1.54) is 17.0 Å². The van der Waals surface area contributed by atoms with Crippen LogP contribution in [0.5, 0.6) is 0 Å². The lowest BCUT2D eigenvalue weighted by atomic mass is 10.1. The molecule has 0 saturated heterocycles. The van der Waals surface area contributed by atoms with Gasteiger partial charge in [0.05, 0.1) is 5.52 Å². The number of rotatable bonds is 5. The van der Waals surface area contributed by atoms with Crippen LogP contribution in [-0.4, -0.2) is 29.9 Å². The summed E-state index contributed by atoms with van der Waals surface area (Å²) in [6, 6.07) is 6.61. The van der Waals surface area contributed by atoms with Crippen molar-refractivity contribution in [2.24, 2.45) is 7.05 Å². The van der Waals surface area contributed by atoms with E-state index in [2.05, 4.69) is 4.98 Å². The van der Waals surface area contributed by atoms with Gasteiger partial charge in [-0.05, 0) is 29.3 Å². The minimum Gasteiger partial charge on any atom is -0.408 e. The van der Waals surface area contributed by atoms with Crippen LogP contribution in [0.1, 0.15) is 5.56 Å². The van der Waals surface area contributed by atoms with Gasteiger partial charge in [0.15, 0.2) is 11.3 Å². The number of oxazole rings is 1. The second-order valence-electron chi connectivity index (χ2n) is 5.89. The first kappa shape index (κ1) is 19.1. The number of fused-ring (bicyclic) bond motifs is 1. The number of nitrogens with zero attached hydrogens (tertiary/aromatic N) is 2. The molecule has 7 nitrogen and oxygen atoms in total. The third-order valence-corrected chi connectivity index (χ3v) is 5.06. The van der Waals surface area contributed by atoms with E-state index >= 15 is 0 Å². The normalized spacial score (nSPS) is 12.6. The molecular weight excluding hydrogens is 387 g/mol. The first-order chi connectivity index (χ1) is 12.5. The number of hydrogen-bond donors (Lipinski definition) is 1. The van der Waals surface area contributed by atoms with Crippen molar-refractivity contribution in [3.63, 3.8) is 0 Å². The monoisotopic (exact) mass is 401 g/mol. The largest absolute Gasteiger partial charge is 0.419 e. The van der Waals surface area contributed by atoms with Crippen LogP contribution in [-0.2, 0) is 23.6 Å². The molecule has 3 rings (SSSR count). The van der Waals surface area contributed by atoms with Crippen molar-refractivity contribution in [3.8, 4) is 11.1 Å². The molecule has 0 spiro atoms. The summed E-state index contributed by atoms with van der Waals surface area (Å²) in [6.45, 7) is -0.328. The summed E-state index contributed by atoms with van der Waals surface area (Å²) in [5.41, 5.74) is 2.66. The fourth-order valence-corrected chi connectivity index (χ4v) is 3.43. The molecule has 0 amide bonds. The molecule has 0 aliphatic carbocycles. The van der Waals surface area contributed by atoms with E-state index in [4.69, 9.17) is 4.42 Å². The van der Waals surface area contributed by atoms with Gasteiger partial charge in [-0.15, -0.1) is 0 Å². The number of pyridine rings is 1. The van der Waals surface area contributed by atoms with Gasteiger partial charge in [0.25, 0.3) is 0 Å². The van der Waals surface area contributed by atoms with Gasteiger partial charge in [0, 0.05) is 31.5 Å². The Morgan fingerprint density at radius 2 is 1.93 bits per heavy atom. The van der Waals surface area contributed by atoms with Gasteiger partial charge in [-0.2, -0.15) is 13.2 Å². The van der Waals surface area contributed by atoms with Crippen LogP contribution in [0.3, 0.4) is 0 Å². The number of nitrogens with one attached hydrogen (secondary N) is 1. The van der Waals surface area contributed by atoms with E-state index < -0.39 is 27.7 Å². The van der Waals surface area contributed by atoms with Gasteiger partial charge in [-0.25, -0.2) is 17.9 Å². The van der Waals surface area contributed by atoms with E-state index in [-0.39, 0.29) is 6.54 Å². The highest BCUT2D eigenvalue weighted by Gasteiger charge is 2.34. The Hall–Kier alpha value is -2.66. The highest BCUT2D eigenvalue weighted by Crippen LogP contribution is 2.24. The van der Waals surface area contributed by atoms with Crippen LogP contribution in [0, 0.1) is 0 Å². The average Bonchev–Trinajstić information content (AvgIpc) is 2.85. The summed E-state index contributed by atoms with van der Waals surface area (Å²) in [6.07, 6.45) is -1.94. The van der Waals surface area contributed by atoms with E-state index in [0.29, 0.717) is 27.8 Å². The van der Waals surface area contributed by atoms with Gasteiger partial charge in [-0.1, -0.05) is 6.07 Å². The minimum atomic E-state index is -4.82. The Bertz CT molecular complexity index is 1150. The molecule has 1 N–H and O–H groups in total. The second kappa shape index (κ2) is 6.82. The SMILES string of the molecule is Cn1c(=O)oc2ccc(-c3cncc(CNS(=O)(=O)CC(F)(F)F)c3)cc21. The molecule has 2 heterocycles. The van der Waals surface area contributed by atoms with Gasteiger partial charge in [-0.3, -0.25) is 9.55 Å². The Balaban J connectivity index is 1.84. The quantitative estimate of drug-likeness (QED) is 0.707. The average molecular weight is 401 g/mol. The lowest BCUT2D eigenvalue weighted by Crippen LogP contribution is -2.33. The van der Waals surface area contributed by atoms with Crippen molar-refractivity contribution in [3.05, 3.63) is 52.8 Å². The van der Waals surface area contributed by atoms with Crippen LogP contribution in [0.4, 0.5) is 13.2 Å². The molecule has 0 unspecified atom stereocenters. The van der Waals surface area contributed by atoms with Gasteiger partial charge >= 0.3 is 11.9 Å². The Labute approximate surface area is 151 Å². The van der Waals surface area contributed by atoms with Crippen molar-refractivity contribution < 1.29 is 26.0 Å². The summed E-state index contributed by atoms with van der Waals surface area (Å²) in [5, 5.41) is 0. The summed E-state index contributed by atoms with van der Waals surface area (Å²) >= 11 is 0. The number of alkyl halides is 3. The number of aryl methyl sites for hydroxylation is 1. The third kappa shape index (κ3) is 4.55. The molecule has 0 aliphatic rings. The van der Waals surface area contributed by atoms with Crippen LogP contribution >= 0.6 is 0 Å². The summed E-state index contributed by atoms with van der Waals surface area (Å²) in [5.74, 6) is -2.45. The van der Waals surface area contributed by atoms with Crippen molar-refractivity contribution >= 4 is 21.1 Å². The molecule has 144 valence electrons. The highest BCUT2D eigenvalue weighted by molar-refractivity contribution is 7.89. The molecule has 0 bridgehead atoms. The zero-order chi connectivity index (χ0) is 19.8. The van der Waals surface area contributed by atoms with E-state index in [9.17, 15) is 26.4 Å². The Kier molecular flexibility index (Phi) is 4.82. The molecular formula is C16H14F3N3O4S. The lowest BCUT2D eigenvalue weighted by Gasteiger charge is -2.10.